The molecule has 1 rings (SSSR count). The number of hydrogen-bond acceptors (Lipinski definition) is 1. The minimum absolute atomic E-state index is 0.618. The third-order valence-electron chi connectivity index (χ3n) is 2.19. The van der Waals surface area contributed by atoms with Crippen LogP contribution in [0.4, 0.5) is 0 Å². The van der Waals surface area contributed by atoms with Crippen LogP contribution < -0.4 is 0 Å². The van der Waals surface area contributed by atoms with E-state index in [4.69, 9.17) is 0 Å². The lowest BCUT2D eigenvalue weighted by atomic mass is 10.0. The highest BCUT2D eigenvalue weighted by Gasteiger charge is 2.09. The summed E-state index contributed by atoms with van der Waals surface area (Å²) in [6.45, 7) is 4.48. The van der Waals surface area contributed by atoms with Crippen molar-refractivity contribution < 1.29 is 0 Å². The fraction of sp³-hybridized carbons (Fsp3) is 0.700. The summed E-state index contributed by atoms with van der Waals surface area (Å²) < 4.78 is 1.86. The van der Waals surface area contributed by atoms with Crippen LogP contribution in [0.5, 0.6) is 0 Å². The molecule has 1 heterocycles. The summed E-state index contributed by atoms with van der Waals surface area (Å²) in [5, 5.41) is 4.14. The molecule has 1 unspecified atom stereocenters. The molecule has 0 saturated carbocycles. The Bertz CT molecular complexity index is 255. The lowest BCUT2D eigenvalue weighted by molar-refractivity contribution is 0.581. The maximum Gasteiger partial charge on any atom is 0.0521 e. The Morgan fingerprint density at radius 3 is 2.69 bits per heavy atom. The number of alkyl halides is 1. The molecule has 74 valence electrons. The predicted octanol–water partition coefficient (Wildman–Crippen LogP) is 2.77. The van der Waals surface area contributed by atoms with E-state index in [-0.39, 0.29) is 0 Å². The van der Waals surface area contributed by atoms with Crippen molar-refractivity contribution in [2.24, 2.45) is 13.0 Å². The van der Waals surface area contributed by atoms with E-state index in [1.54, 1.807) is 0 Å². The third-order valence-corrected chi connectivity index (χ3v) is 3.71. The van der Waals surface area contributed by atoms with Crippen LogP contribution >= 0.6 is 15.9 Å². The van der Waals surface area contributed by atoms with Gasteiger partial charge in [-0.2, -0.15) is 5.10 Å². The molecule has 0 aliphatic heterocycles. The summed E-state index contributed by atoms with van der Waals surface area (Å²) in [5.74, 6) is 0.705. The quantitative estimate of drug-likeness (QED) is 0.746. The Hall–Kier alpha value is -0.310. The van der Waals surface area contributed by atoms with Crippen LogP contribution in [0.25, 0.3) is 0 Å². The summed E-state index contributed by atoms with van der Waals surface area (Å²) in [6.07, 6.45) is 6.32. The highest BCUT2D eigenvalue weighted by molar-refractivity contribution is 9.09. The van der Waals surface area contributed by atoms with Gasteiger partial charge in [0, 0.05) is 18.1 Å². The van der Waals surface area contributed by atoms with Gasteiger partial charge in [0.2, 0.25) is 0 Å². The highest BCUT2D eigenvalue weighted by atomic mass is 79.9. The Morgan fingerprint density at radius 2 is 2.23 bits per heavy atom. The monoisotopic (exact) mass is 244 g/mol. The Labute approximate surface area is 88.5 Å². The molecule has 0 aliphatic rings. The van der Waals surface area contributed by atoms with E-state index in [0.717, 1.165) is 6.42 Å². The summed E-state index contributed by atoms with van der Waals surface area (Å²) in [5.41, 5.74) is 1.33. The first-order chi connectivity index (χ1) is 6.09. The van der Waals surface area contributed by atoms with Gasteiger partial charge in [-0.25, -0.2) is 0 Å². The van der Waals surface area contributed by atoms with E-state index in [0.29, 0.717) is 10.7 Å². The molecule has 13 heavy (non-hydrogen) atoms. The lowest BCUT2D eigenvalue weighted by Crippen LogP contribution is -2.07. The topological polar surface area (TPSA) is 17.8 Å². The van der Waals surface area contributed by atoms with Gasteiger partial charge in [-0.3, -0.25) is 4.68 Å². The van der Waals surface area contributed by atoms with Crippen LogP contribution in [0.1, 0.15) is 25.8 Å². The van der Waals surface area contributed by atoms with Crippen molar-refractivity contribution in [1.29, 1.82) is 0 Å². The average molecular weight is 245 g/mol. The Balaban J connectivity index is 2.35. The summed E-state index contributed by atoms with van der Waals surface area (Å²) in [4.78, 5) is 0.618. The second-order valence-corrected chi connectivity index (χ2v) is 5.00. The van der Waals surface area contributed by atoms with E-state index in [9.17, 15) is 0 Å². The molecule has 0 aliphatic carbocycles. The van der Waals surface area contributed by atoms with Crippen molar-refractivity contribution >= 4 is 15.9 Å². The number of rotatable bonds is 4. The van der Waals surface area contributed by atoms with Gasteiger partial charge in [0.05, 0.1) is 6.20 Å². The minimum atomic E-state index is 0.618. The first-order valence-electron chi connectivity index (χ1n) is 4.71. The van der Waals surface area contributed by atoms with Gasteiger partial charge in [-0.15, -0.1) is 0 Å². The second kappa shape index (κ2) is 4.80. The molecule has 1 atom stereocenters. The van der Waals surface area contributed by atoms with Gasteiger partial charge in [-0.05, 0) is 24.3 Å². The number of halogens is 1. The summed E-state index contributed by atoms with van der Waals surface area (Å²) >= 11 is 3.68. The van der Waals surface area contributed by atoms with Gasteiger partial charge in [0.25, 0.3) is 0 Å². The predicted molar refractivity (Wildman–Crippen MR) is 59.1 cm³/mol. The number of aryl methyl sites for hydroxylation is 2. The van der Waals surface area contributed by atoms with E-state index in [1.165, 1.54) is 12.0 Å². The molecule has 0 radical (unpaired) electrons. The fourth-order valence-corrected chi connectivity index (χ4v) is 1.47. The van der Waals surface area contributed by atoms with Gasteiger partial charge in [-0.1, -0.05) is 29.8 Å². The zero-order valence-electron chi connectivity index (χ0n) is 8.50. The molecule has 1 aromatic heterocycles. The molecule has 1 aromatic rings. The van der Waals surface area contributed by atoms with Crippen molar-refractivity contribution in [3.63, 3.8) is 0 Å². The molecule has 0 N–H and O–H groups in total. The van der Waals surface area contributed by atoms with E-state index >= 15 is 0 Å². The van der Waals surface area contributed by atoms with Crippen LogP contribution in [-0.2, 0) is 13.5 Å². The van der Waals surface area contributed by atoms with Crippen LogP contribution in [0.15, 0.2) is 12.4 Å². The standard InChI is InChI=1S/C10H17BrN2/c1-8(2)10(11)5-4-9-6-12-13(3)7-9/h6-8,10H,4-5H2,1-3H3. The number of nitrogens with zero attached hydrogens (tertiary/aromatic N) is 2. The van der Waals surface area contributed by atoms with Crippen LogP contribution in [0.3, 0.4) is 0 Å². The molecule has 0 aromatic carbocycles. The van der Waals surface area contributed by atoms with Crippen molar-refractivity contribution in [1.82, 2.24) is 9.78 Å². The molecule has 0 amide bonds. The molecule has 2 nitrogen and oxygen atoms in total. The van der Waals surface area contributed by atoms with E-state index in [2.05, 4.69) is 41.1 Å². The summed E-state index contributed by atoms with van der Waals surface area (Å²) in [7, 11) is 1.96. The first kappa shape index (κ1) is 10.8. The zero-order chi connectivity index (χ0) is 9.84. The zero-order valence-corrected chi connectivity index (χ0v) is 10.1. The van der Waals surface area contributed by atoms with Crippen LogP contribution in [0, 0.1) is 5.92 Å². The summed E-state index contributed by atoms with van der Waals surface area (Å²) in [6, 6.07) is 0. The lowest BCUT2D eigenvalue weighted by Gasteiger charge is -2.12. The molecular formula is C10H17BrN2. The van der Waals surface area contributed by atoms with Gasteiger partial charge in [0.1, 0.15) is 0 Å². The van der Waals surface area contributed by atoms with Crippen molar-refractivity contribution in [3.05, 3.63) is 18.0 Å². The molecule has 0 fully saturated rings. The maximum absolute atomic E-state index is 4.14. The van der Waals surface area contributed by atoms with Crippen molar-refractivity contribution in [2.75, 3.05) is 0 Å². The fourth-order valence-electron chi connectivity index (χ4n) is 1.24. The first-order valence-corrected chi connectivity index (χ1v) is 5.62. The molecule has 0 saturated heterocycles. The van der Waals surface area contributed by atoms with Crippen LogP contribution in [-0.4, -0.2) is 14.6 Å². The number of aromatic nitrogens is 2. The van der Waals surface area contributed by atoms with Crippen molar-refractivity contribution in [2.45, 2.75) is 31.5 Å². The van der Waals surface area contributed by atoms with Gasteiger partial charge in [0.15, 0.2) is 0 Å². The SMILES string of the molecule is CC(C)C(Br)CCc1cnn(C)c1. The van der Waals surface area contributed by atoms with Crippen molar-refractivity contribution in [3.8, 4) is 0 Å². The Kier molecular flexibility index (Phi) is 3.97. The molecule has 0 bridgehead atoms. The molecule has 3 heteroatoms. The maximum atomic E-state index is 4.14. The highest BCUT2D eigenvalue weighted by Crippen LogP contribution is 2.18. The Morgan fingerprint density at radius 1 is 1.54 bits per heavy atom. The largest absolute Gasteiger partial charge is 0.276 e. The third kappa shape index (κ3) is 3.51. The molecular weight excluding hydrogens is 228 g/mol. The second-order valence-electron chi connectivity index (χ2n) is 3.82. The molecule has 0 spiro atoms. The number of hydrogen-bond donors (Lipinski definition) is 0. The van der Waals surface area contributed by atoms with Gasteiger partial charge >= 0.3 is 0 Å². The van der Waals surface area contributed by atoms with E-state index < -0.39 is 0 Å². The minimum Gasteiger partial charge on any atom is -0.276 e. The normalized spacial score (nSPS) is 13.6. The van der Waals surface area contributed by atoms with Crippen LogP contribution in [0.2, 0.25) is 0 Å². The smallest absolute Gasteiger partial charge is 0.0521 e. The van der Waals surface area contributed by atoms with E-state index in [1.807, 2.05) is 17.9 Å². The average Bonchev–Trinajstić information content (AvgIpc) is 2.47. The van der Waals surface area contributed by atoms with Gasteiger partial charge < -0.3 is 0 Å².